The lowest BCUT2D eigenvalue weighted by atomic mass is 10.3. The fourth-order valence-electron chi connectivity index (χ4n) is 1.65. The van der Waals surface area contributed by atoms with Gasteiger partial charge in [-0.15, -0.1) is 5.10 Å². The van der Waals surface area contributed by atoms with Gasteiger partial charge in [0.2, 0.25) is 11.6 Å². The number of carboxylic acids is 1. The number of rotatable bonds is 5. The highest BCUT2D eigenvalue weighted by molar-refractivity contribution is 5.86. The minimum atomic E-state index is -4.91. The first-order valence-electron chi connectivity index (χ1n) is 5.88. The topological polar surface area (TPSA) is 107 Å². The molecular weight excluding hydrogens is 295 g/mol. The Labute approximate surface area is 115 Å². The molecule has 0 spiro atoms. The van der Waals surface area contributed by atoms with Crippen molar-refractivity contribution in [2.75, 3.05) is 0 Å². The van der Waals surface area contributed by atoms with Crippen molar-refractivity contribution >= 4 is 5.97 Å². The third-order valence-electron chi connectivity index (χ3n) is 2.47. The summed E-state index contributed by atoms with van der Waals surface area (Å²) in [6.45, 7) is 1.39. The van der Waals surface area contributed by atoms with Gasteiger partial charge in [-0.3, -0.25) is 0 Å². The zero-order valence-corrected chi connectivity index (χ0v) is 10.8. The predicted molar refractivity (Wildman–Crippen MR) is 59.4 cm³/mol. The van der Waals surface area contributed by atoms with Crippen molar-refractivity contribution in [3.63, 3.8) is 0 Å². The molecule has 0 amide bonds. The van der Waals surface area contributed by atoms with Crippen LogP contribution >= 0.6 is 0 Å². The van der Waals surface area contributed by atoms with E-state index < -0.39 is 30.1 Å². The minimum Gasteiger partial charge on any atom is -0.476 e. The molecule has 114 valence electrons. The molecular formula is C10H10F3N5O3. The zero-order chi connectivity index (χ0) is 15.6. The van der Waals surface area contributed by atoms with Crippen LogP contribution in [0.15, 0.2) is 4.52 Å². The Morgan fingerprint density at radius 2 is 2.14 bits per heavy atom. The summed E-state index contributed by atoms with van der Waals surface area (Å²) in [5, 5.41) is 18.5. The predicted octanol–water partition coefficient (Wildman–Crippen LogP) is 1.38. The summed E-state index contributed by atoms with van der Waals surface area (Å²) in [4.78, 5) is 14.6. The molecule has 0 aromatic carbocycles. The molecule has 0 bridgehead atoms. The van der Waals surface area contributed by atoms with Gasteiger partial charge in [-0.2, -0.15) is 18.2 Å². The number of carboxylic acid groups (broad SMARTS) is 1. The molecule has 0 aliphatic rings. The standard InChI is InChI=1S/C10H10F3N5O3/c1-2-3-6-14-5(16-21-6)4-18-8(10(11,12)13)7(9(19)20)15-17-18/h2-4H2,1H3,(H,19,20). The van der Waals surface area contributed by atoms with Gasteiger partial charge in [0.1, 0.15) is 6.54 Å². The Balaban J connectivity index is 2.33. The lowest BCUT2D eigenvalue weighted by molar-refractivity contribution is -0.144. The highest BCUT2D eigenvalue weighted by Gasteiger charge is 2.41. The van der Waals surface area contributed by atoms with Gasteiger partial charge in [-0.05, 0) is 6.42 Å². The molecule has 0 aliphatic heterocycles. The molecule has 0 aliphatic carbocycles. The molecule has 1 N–H and O–H groups in total. The summed E-state index contributed by atoms with van der Waals surface area (Å²) in [7, 11) is 0. The van der Waals surface area contributed by atoms with E-state index in [1.807, 2.05) is 6.92 Å². The molecule has 11 heteroatoms. The summed E-state index contributed by atoms with van der Waals surface area (Å²) >= 11 is 0. The van der Waals surface area contributed by atoms with E-state index in [4.69, 9.17) is 9.63 Å². The molecule has 0 atom stereocenters. The van der Waals surface area contributed by atoms with Crippen LogP contribution in [0, 0.1) is 0 Å². The first kappa shape index (κ1) is 14.9. The molecule has 0 unspecified atom stereocenters. The van der Waals surface area contributed by atoms with Crippen molar-refractivity contribution in [2.45, 2.75) is 32.5 Å². The maximum absolute atomic E-state index is 12.9. The maximum Gasteiger partial charge on any atom is 0.435 e. The van der Waals surface area contributed by atoms with Crippen LogP contribution in [0.3, 0.4) is 0 Å². The quantitative estimate of drug-likeness (QED) is 0.889. The van der Waals surface area contributed by atoms with E-state index in [2.05, 4.69) is 20.5 Å². The number of hydrogen-bond donors (Lipinski definition) is 1. The molecule has 2 heterocycles. The largest absolute Gasteiger partial charge is 0.476 e. The number of carbonyl (C=O) groups is 1. The van der Waals surface area contributed by atoms with Gasteiger partial charge in [0.25, 0.3) is 0 Å². The van der Waals surface area contributed by atoms with Gasteiger partial charge >= 0.3 is 12.1 Å². The molecule has 0 radical (unpaired) electrons. The van der Waals surface area contributed by atoms with Crippen molar-refractivity contribution in [2.24, 2.45) is 0 Å². The minimum absolute atomic E-state index is 0.0363. The van der Waals surface area contributed by atoms with Crippen molar-refractivity contribution in [1.29, 1.82) is 0 Å². The molecule has 2 rings (SSSR count). The number of alkyl halides is 3. The average molecular weight is 305 g/mol. The Morgan fingerprint density at radius 3 is 2.71 bits per heavy atom. The molecule has 21 heavy (non-hydrogen) atoms. The lowest BCUT2D eigenvalue weighted by Crippen LogP contribution is -2.19. The number of aryl methyl sites for hydroxylation is 1. The second kappa shape index (κ2) is 5.50. The summed E-state index contributed by atoms with van der Waals surface area (Å²) in [6.07, 6.45) is -3.67. The van der Waals surface area contributed by atoms with E-state index in [1.165, 1.54) is 0 Å². The fourth-order valence-corrected chi connectivity index (χ4v) is 1.65. The number of hydrogen-bond acceptors (Lipinski definition) is 6. The third-order valence-corrected chi connectivity index (χ3v) is 2.47. The van der Waals surface area contributed by atoms with Gasteiger partial charge in [0.05, 0.1) is 0 Å². The van der Waals surface area contributed by atoms with E-state index in [0.29, 0.717) is 17.0 Å². The second-order valence-electron chi connectivity index (χ2n) is 4.10. The molecule has 2 aromatic heterocycles. The van der Waals surface area contributed by atoms with Gasteiger partial charge in [0, 0.05) is 6.42 Å². The van der Waals surface area contributed by atoms with E-state index in [-0.39, 0.29) is 5.82 Å². The first-order chi connectivity index (χ1) is 9.82. The van der Waals surface area contributed by atoms with Crippen LogP contribution in [0.5, 0.6) is 0 Å². The lowest BCUT2D eigenvalue weighted by Gasteiger charge is -2.08. The van der Waals surface area contributed by atoms with Crippen LogP contribution in [-0.2, 0) is 19.1 Å². The summed E-state index contributed by atoms with van der Waals surface area (Å²) in [5.41, 5.74) is -2.63. The van der Waals surface area contributed by atoms with E-state index in [1.54, 1.807) is 0 Å². The first-order valence-corrected chi connectivity index (χ1v) is 5.88. The molecule has 0 saturated heterocycles. The average Bonchev–Trinajstić information content (AvgIpc) is 2.96. The maximum atomic E-state index is 12.9. The van der Waals surface area contributed by atoms with Crippen LogP contribution in [0.2, 0.25) is 0 Å². The van der Waals surface area contributed by atoms with E-state index in [0.717, 1.165) is 6.42 Å². The summed E-state index contributed by atoms with van der Waals surface area (Å²) in [6, 6.07) is 0. The highest BCUT2D eigenvalue weighted by Crippen LogP contribution is 2.31. The smallest absolute Gasteiger partial charge is 0.435 e. The summed E-state index contributed by atoms with van der Waals surface area (Å²) < 4.78 is 43.9. The SMILES string of the molecule is CCCc1nc(Cn2nnc(C(=O)O)c2C(F)(F)F)no1. The zero-order valence-electron chi connectivity index (χ0n) is 10.8. The Morgan fingerprint density at radius 1 is 1.43 bits per heavy atom. The van der Waals surface area contributed by atoms with Crippen molar-refractivity contribution in [1.82, 2.24) is 25.1 Å². The number of aromatic nitrogens is 5. The monoisotopic (exact) mass is 305 g/mol. The van der Waals surface area contributed by atoms with Crippen LogP contribution in [0.1, 0.15) is 41.2 Å². The fraction of sp³-hybridized carbons (Fsp3) is 0.500. The Bertz CT molecular complexity index is 649. The number of halogens is 3. The van der Waals surface area contributed by atoms with Gasteiger partial charge in [-0.25, -0.2) is 9.48 Å². The number of aromatic carboxylic acids is 1. The Kier molecular flexibility index (Phi) is 3.91. The van der Waals surface area contributed by atoms with Crippen molar-refractivity contribution in [3.8, 4) is 0 Å². The number of nitrogens with zero attached hydrogens (tertiary/aromatic N) is 5. The van der Waals surface area contributed by atoms with Crippen LogP contribution < -0.4 is 0 Å². The Hall–Kier alpha value is -2.46. The second-order valence-corrected chi connectivity index (χ2v) is 4.10. The molecule has 8 nitrogen and oxygen atoms in total. The van der Waals surface area contributed by atoms with Gasteiger partial charge in [0.15, 0.2) is 11.5 Å². The summed E-state index contributed by atoms with van der Waals surface area (Å²) in [5.74, 6) is -1.56. The normalized spacial score (nSPS) is 11.8. The van der Waals surface area contributed by atoms with Crippen molar-refractivity contribution < 1.29 is 27.6 Å². The van der Waals surface area contributed by atoms with Crippen LogP contribution in [-0.4, -0.2) is 36.2 Å². The van der Waals surface area contributed by atoms with Gasteiger partial charge < -0.3 is 9.63 Å². The van der Waals surface area contributed by atoms with E-state index in [9.17, 15) is 18.0 Å². The van der Waals surface area contributed by atoms with Crippen LogP contribution in [0.4, 0.5) is 13.2 Å². The van der Waals surface area contributed by atoms with Crippen molar-refractivity contribution in [3.05, 3.63) is 23.1 Å². The van der Waals surface area contributed by atoms with Gasteiger partial charge in [-0.1, -0.05) is 17.3 Å². The van der Waals surface area contributed by atoms with E-state index >= 15 is 0 Å². The third kappa shape index (κ3) is 3.17. The van der Waals surface area contributed by atoms with Crippen LogP contribution in [0.25, 0.3) is 0 Å². The molecule has 0 fully saturated rings. The molecule has 2 aromatic rings. The highest BCUT2D eigenvalue weighted by atomic mass is 19.4. The molecule has 0 saturated carbocycles.